The standard InChI is InChI=1S/C20H20FN3O6/c21-18-11-15(3-6-19(18)22-7-9-28-10-8-22)23-12-17(30-20(23)25)13-29-16-4-1-14(2-5-16)24(26)27/h1-6,11,17H,7-10,12-13H2. The van der Waals surface area contributed by atoms with Crippen LogP contribution in [0.15, 0.2) is 42.5 Å². The van der Waals surface area contributed by atoms with Gasteiger partial charge in [0, 0.05) is 25.2 Å². The van der Waals surface area contributed by atoms with Crippen LogP contribution in [0, 0.1) is 15.9 Å². The number of non-ortho nitro benzene ring substituents is 1. The Morgan fingerprint density at radius 3 is 2.57 bits per heavy atom. The van der Waals surface area contributed by atoms with E-state index in [1.165, 1.54) is 35.2 Å². The van der Waals surface area contributed by atoms with Crippen LogP contribution in [0.5, 0.6) is 5.75 Å². The second kappa shape index (κ2) is 8.54. The molecule has 2 aliphatic rings. The molecule has 158 valence electrons. The fraction of sp³-hybridized carbons (Fsp3) is 0.350. The van der Waals surface area contributed by atoms with E-state index in [1.807, 2.05) is 4.90 Å². The number of anilines is 2. The molecule has 1 amide bonds. The van der Waals surface area contributed by atoms with Gasteiger partial charge in [-0.3, -0.25) is 15.0 Å². The Hall–Kier alpha value is -3.40. The van der Waals surface area contributed by atoms with Crippen molar-refractivity contribution in [2.24, 2.45) is 0 Å². The molecule has 9 nitrogen and oxygen atoms in total. The highest BCUT2D eigenvalue weighted by Crippen LogP contribution is 2.28. The van der Waals surface area contributed by atoms with Gasteiger partial charge in [-0.05, 0) is 30.3 Å². The van der Waals surface area contributed by atoms with Crippen LogP contribution in [0.2, 0.25) is 0 Å². The van der Waals surface area contributed by atoms with Crippen LogP contribution >= 0.6 is 0 Å². The van der Waals surface area contributed by atoms with Crippen molar-refractivity contribution >= 4 is 23.2 Å². The highest BCUT2D eigenvalue weighted by molar-refractivity contribution is 5.90. The van der Waals surface area contributed by atoms with E-state index >= 15 is 0 Å². The lowest BCUT2D eigenvalue weighted by Crippen LogP contribution is -2.36. The number of carbonyl (C=O) groups excluding carboxylic acids is 1. The zero-order chi connectivity index (χ0) is 21.1. The summed E-state index contributed by atoms with van der Waals surface area (Å²) in [7, 11) is 0. The Labute approximate surface area is 171 Å². The Morgan fingerprint density at radius 1 is 1.17 bits per heavy atom. The summed E-state index contributed by atoms with van der Waals surface area (Å²) >= 11 is 0. The van der Waals surface area contributed by atoms with Crippen molar-refractivity contribution in [1.29, 1.82) is 0 Å². The van der Waals surface area contributed by atoms with Gasteiger partial charge in [0.1, 0.15) is 18.2 Å². The number of benzene rings is 2. The molecule has 10 heteroatoms. The molecule has 1 atom stereocenters. The largest absolute Gasteiger partial charge is 0.490 e. The number of rotatable bonds is 6. The van der Waals surface area contributed by atoms with Crippen LogP contribution in [-0.2, 0) is 9.47 Å². The molecule has 0 radical (unpaired) electrons. The molecule has 4 rings (SSSR count). The Morgan fingerprint density at radius 2 is 1.90 bits per heavy atom. The van der Waals surface area contributed by atoms with Crippen molar-refractivity contribution in [3.05, 3.63) is 58.4 Å². The van der Waals surface area contributed by atoms with Gasteiger partial charge in [0.15, 0.2) is 6.10 Å². The molecule has 0 bridgehead atoms. The predicted molar refractivity (Wildman–Crippen MR) is 106 cm³/mol. The topological polar surface area (TPSA) is 94.4 Å². The van der Waals surface area contributed by atoms with E-state index in [2.05, 4.69) is 0 Å². The molecule has 0 saturated carbocycles. The number of morpholine rings is 1. The highest BCUT2D eigenvalue weighted by Gasteiger charge is 2.33. The van der Waals surface area contributed by atoms with Crippen molar-refractivity contribution in [2.45, 2.75) is 6.10 Å². The van der Waals surface area contributed by atoms with E-state index in [9.17, 15) is 19.3 Å². The highest BCUT2D eigenvalue weighted by atomic mass is 19.1. The lowest BCUT2D eigenvalue weighted by Gasteiger charge is -2.29. The van der Waals surface area contributed by atoms with E-state index in [-0.39, 0.29) is 18.8 Å². The second-order valence-electron chi connectivity index (χ2n) is 6.91. The maximum Gasteiger partial charge on any atom is 0.414 e. The monoisotopic (exact) mass is 417 g/mol. The molecule has 2 saturated heterocycles. The van der Waals surface area contributed by atoms with E-state index in [0.717, 1.165) is 0 Å². The second-order valence-corrected chi connectivity index (χ2v) is 6.91. The van der Waals surface area contributed by atoms with Gasteiger partial charge in [-0.15, -0.1) is 0 Å². The Bertz CT molecular complexity index is 933. The van der Waals surface area contributed by atoms with E-state index in [4.69, 9.17) is 14.2 Å². The van der Waals surface area contributed by atoms with Gasteiger partial charge in [0.2, 0.25) is 0 Å². The molecule has 0 N–H and O–H groups in total. The minimum absolute atomic E-state index is 0.0385. The van der Waals surface area contributed by atoms with Gasteiger partial charge in [-0.1, -0.05) is 0 Å². The molecule has 30 heavy (non-hydrogen) atoms. The summed E-state index contributed by atoms with van der Waals surface area (Å²) in [6, 6.07) is 10.3. The predicted octanol–water partition coefficient (Wildman–Crippen LogP) is 2.97. The number of carbonyl (C=O) groups is 1. The third-order valence-corrected chi connectivity index (χ3v) is 4.95. The van der Waals surface area contributed by atoms with Gasteiger partial charge in [0.25, 0.3) is 5.69 Å². The smallest absolute Gasteiger partial charge is 0.414 e. The molecule has 0 aromatic heterocycles. The zero-order valence-corrected chi connectivity index (χ0v) is 16.0. The number of amides is 1. The fourth-order valence-corrected chi connectivity index (χ4v) is 3.40. The molecule has 2 fully saturated rings. The SMILES string of the molecule is O=C1OC(COc2ccc([N+](=O)[O-])cc2)CN1c1ccc(N2CCOCC2)c(F)c1. The molecule has 2 aromatic rings. The number of ether oxygens (including phenoxy) is 3. The molecule has 2 aromatic carbocycles. The summed E-state index contributed by atoms with van der Waals surface area (Å²) in [5.74, 6) is 0.0174. The van der Waals surface area contributed by atoms with Crippen molar-refractivity contribution in [2.75, 3.05) is 49.3 Å². The summed E-state index contributed by atoms with van der Waals surface area (Å²) < 4.78 is 30.8. The Kier molecular flexibility index (Phi) is 5.66. The van der Waals surface area contributed by atoms with Crippen molar-refractivity contribution < 1.29 is 28.3 Å². The van der Waals surface area contributed by atoms with E-state index in [0.29, 0.717) is 43.4 Å². The van der Waals surface area contributed by atoms with Crippen molar-refractivity contribution in [1.82, 2.24) is 0 Å². The quantitative estimate of drug-likeness (QED) is 0.527. The summed E-state index contributed by atoms with van der Waals surface area (Å²) in [4.78, 5) is 25.7. The average molecular weight is 417 g/mol. The van der Waals surface area contributed by atoms with Gasteiger partial charge in [-0.25, -0.2) is 9.18 Å². The van der Waals surface area contributed by atoms with Crippen LogP contribution in [0.1, 0.15) is 0 Å². The van der Waals surface area contributed by atoms with E-state index < -0.39 is 22.9 Å². The molecule has 0 spiro atoms. The van der Waals surface area contributed by atoms with Crippen LogP contribution in [0.25, 0.3) is 0 Å². The number of hydrogen-bond donors (Lipinski definition) is 0. The number of cyclic esters (lactones) is 1. The van der Waals surface area contributed by atoms with Gasteiger partial charge in [-0.2, -0.15) is 0 Å². The molecule has 2 heterocycles. The fourth-order valence-electron chi connectivity index (χ4n) is 3.40. The van der Waals surface area contributed by atoms with Crippen LogP contribution in [-0.4, -0.2) is 56.6 Å². The minimum atomic E-state index is -0.578. The van der Waals surface area contributed by atoms with Gasteiger partial charge < -0.3 is 19.1 Å². The minimum Gasteiger partial charge on any atom is -0.490 e. The first-order valence-electron chi connectivity index (χ1n) is 9.49. The average Bonchev–Trinajstić information content (AvgIpc) is 3.13. The number of hydrogen-bond acceptors (Lipinski definition) is 7. The van der Waals surface area contributed by atoms with Crippen molar-refractivity contribution in [3.63, 3.8) is 0 Å². The summed E-state index contributed by atoms with van der Waals surface area (Å²) in [5.41, 5.74) is 0.850. The number of nitro groups is 1. The Balaban J connectivity index is 1.37. The normalized spacial score (nSPS) is 19.0. The van der Waals surface area contributed by atoms with Crippen LogP contribution < -0.4 is 14.5 Å². The maximum absolute atomic E-state index is 14.6. The number of nitrogens with zero attached hydrogens (tertiary/aromatic N) is 3. The number of halogens is 1. The van der Waals surface area contributed by atoms with Gasteiger partial charge >= 0.3 is 6.09 Å². The lowest BCUT2D eigenvalue weighted by atomic mass is 10.2. The zero-order valence-electron chi connectivity index (χ0n) is 16.0. The van der Waals surface area contributed by atoms with Crippen LogP contribution in [0.4, 0.5) is 26.2 Å². The first-order valence-corrected chi connectivity index (χ1v) is 9.49. The van der Waals surface area contributed by atoms with Crippen molar-refractivity contribution in [3.8, 4) is 5.75 Å². The first-order chi connectivity index (χ1) is 14.5. The molecule has 0 aliphatic carbocycles. The molecular formula is C20H20FN3O6. The molecule has 2 aliphatic heterocycles. The van der Waals surface area contributed by atoms with E-state index in [1.54, 1.807) is 12.1 Å². The molecular weight excluding hydrogens is 397 g/mol. The first kappa shape index (κ1) is 19.9. The summed E-state index contributed by atoms with van der Waals surface area (Å²) in [6.07, 6.45) is -1.12. The third-order valence-electron chi connectivity index (χ3n) is 4.95. The third kappa shape index (κ3) is 4.28. The summed E-state index contributed by atoms with van der Waals surface area (Å²) in [6.45, 7) is 2.62. The molecule has 1 unspecified atom stereocenters. The van der Waals surface area contributed by atoms with Gasteiger partial charge in [0.05, 0.1) is 36.1 Å². The summed E-state index contributed by atoms with van der Waals surface area (Å²) in [5, 5.41) is 10.7. The number of nitro benzene ring substituents is 1. The lowest BCUT2D eigenvalue weighted by molar-refractivity contribution is -0.384. The van der Waals surface area contributed by atoms with Crippen LogP contribution in [0.3, 0.4) is 0 Å². The maximum atomic E-state index is 14.6.